The van der Waals surface area contributed by atoms with Crippen LogP contribution in [0.2, 0.25) is 0 Å². The molecule has 0 amide bonds. The van der Waals surface area contributed by atoms with Crippen molar-refractivity contribution in [3.05, 3.63) is 21.9 Å². The van der Waals surface area contributed by atoms with Crippen molar-refractivity contribution in [3.63, 3.8) is 0 Å². The second-order valence-corrected chi connectivity index (χ2v) is 6.56. The van der Waals surface area contributed by atoms with E-state index in [-0.39, 0.29) is 28.8 Å². The molecule has 1 aromatic rings. The number of benzene rings is 1. The van der Waals surface area contributed by atoms with Crippen LogP contribution in [-0.2, 0) is 4.79 Å². The predicted molar refractivity (Wildman–Crippen MR) is 74.0 cm³/mol. The van der Waals surface area contributed by atoms with Crippen LogP contribution in [0.25, 0.3) is 0 Å². The molecule has 2 N–H and O–H groups in total. The summed E-state index contributed by atoms with van der Waals surface area (Å²) in [5.41, 5.74) is 0.0833. The van der Waals surface area contributed by atoms with Crippen LogP contribution in [0.3, 0.4) is 0 Å². The molecule has 1 heterocycles. The number of aromatic hydroxyl groups is 2. The Morgan fingerprint density at radius 3 is 2.05 bits per heavy atom. The third-order valence-corrected chi connectivity index (χ3v) is 5.19. The number of Topliss-reactive ketones (excluding diaryl/α,β-unsaturated/α-hetero) is 1. The molecule has 2 rings (SSSR count). The summed E-state index contributed by atoms with van der Waals surface area (Å²) in [5.74, 6) is -0.428. The van der Waals surface area contributed by atoms with Gasteiger partial charge in [-0.25, -0.2) is 0 Å². The van der Waals surface area contributed by atoms with Crippen molar-refractivity contribution in [1.29, 1.82) is 5.26 Å². The Morgan fingerprint density at radius 1 is 1.21 bits per heavy atom. The molecule has 98 valence electrons. The number of phenols is 2. The fourth-order valence-corrected chi connectivity index (χ4v) is 4.06. The minimum absolute atomic E-state index is 0.0367. The van der Waals surface area contributed by atoms with Crippen molar-refractivity contribution >= 4 is 29.3 Å². The second-order valence-electron chi connectivity index (χ2n) is 4.26. The van der Waals surface area contributed by atoms with Crippen molar-refractivity contribution in [1.82, 2.24) is 0 Å². The molecule has 19 heavy (non-hydrogen) atoms. The summed E-state index contributed by atoms with van der Waals surface area (Å²) in [5, 5.41) is 28.6. The highest BCUT2D eigenvalue weighted by Crippen LogP contribution is 2.58. The number of carbonyl (C=O) groups is 1. The van der Waals surface area contributed by atoms with Crippen LogP contribution < -0.4 is 0 Å². The van der Waals surface area contributed by atoms with Gasteiger partial charge in [0.05, 0.1) is 14.0 Å². The second kappa shape index (κ2) is 5.19. The Labute approximate surface area is 119 Å². The minimum atomic E-state index is -0.269. The first-order valence-corrected chi connectivity index (χ1v) is 7.18. The first-order chi connectivity index (χ1) is 8.95. The maximum atomic E-state index is 11.9. The molecule has 0 spiro atoms. The fraction of sp³-hybridized carbons (Fsp3) is 0.231. The van der Waals surface area contributed by atoms with E-state index in [0.29, 0.717) is 14.0 Å². The summed E-state index contributed by atoms with van der Waals surface area (Å²) in [6.07, 6.45) is 0. The largest absolute Gasteiger partial charge is 0.507 e. The van der Waals surface area contributed by atoms with Gasteiger partial charge in [0, 0.05) is 5.92 Å². The molecule has 0 bridgehead atoms. The van der Waals surface area contributed by atoms with E-state index in [2.05, 4.69) is 0 Å². The van der Waals surface area contributed by atoms with Gasteiger partial charge in [0.15, 0.2) is 5.78 Å². The summed E-state index contributed by atoms with van der Waals surface area (Å²) in [4.78, 5) is 12.9. The lowest BCUT2D eigenvalue weighted by Crippen LogP contribution is -2.09. The minimum Gasteiger partial charge on any atom is -0.507 e. The van der Waals surface area contributed by atoms with Crippen LogP contribution in [0.1, 0.15) is 13.8 Å². The molecular weight excluding hydrogens is 282 g/mol. The zero-order chi connectivity index (χ0) is 14.2. The van der Waals surface area contributed by atoms with Crippen molar-refractivity contribution in [3.8, 4) is 17.6 Å². The normalized spacial score (nSPS) is 13.3. The van der Waals surface area contributed by atoms with Gasteiger partial charge in [-0.1, -0.05) is 37.4 Å². The average Bonchev–Trinajstić information content (AvgIpc) is 2.80. The number of carbonyl (C=O) groups excluding carboxylic acids is 1. The molecular formula is C13H11NO3S2. The Kier molecular flexibility index (Phi) is 3.78. The summed E-state index contributed by atoms with van der Waals surface area (Å²) >= 11 is 2.29. The number of rotatable bonds is 2. The van der Waals surface area contributed by atoms with E-state index in [1.807, 2.05) is 6.07 Å². The Hall–Kier alpha value is -1.58. The van der Waals surface area contributed by atoms with Crippen molar-refractivity contribution in [2.24, 2.45) is 5.92 Å². The number of hydrogen-bond donors (Lipinski definition) is 2. The van der Waals surface area contributed by atoms with Crippen LogP contribution in [0.15, 0.2) is 31.7 Å². The molecule has 0 saturated carbocycles. The predicted octanol–water partition coefficient (Wildman–Crippen LogP) is 3.26. The van der Waals surface area contributed by atoms with E-state index in [9.17, 15) is 15.0 Å². The van der Waals surface area contributed by atoms with Gasteiger partial charge >= 0.3 is 0 Å². The molecule has 0 radical (unpaired) electrons. The average molecular weight is 293 g/mol. The molecule has 0 atom stereocenters. The SMILES string of the molecule is CC(C)C(=O)C(C#N)=C1Sc2c(O)ccc(O)c2S1. The van der Waals surface area contributed by atoms with E-state index in [1.54, 1.807) is 13.8 Å². The van der Waals surface area contributed by atoms with E-state index in [0.717, 1.165) is 23.5 Å². The van der Waals surface area contributed by atoms with E-state index in [4.69, 9.17) is 5.26 Å². The van der Waals surface area contributed by atoms with E-state index < -0.39 is 0 Å². The monoisotopic (exact) mass is 293 g/mol. The maximum absolute atomic E-state index is 11.9. The molecule has 0 aliphatic carbocycles. The summed E-state index contributed by atoms with van der Waals surface area (Å²) in [6, 6.07) is 4.70. The van der Waals surface area contributed by atoms with Gasteiger partial charge in [-0.3, -0.25) is 4.79 Å². The standard InChI is InChI=1S/C13H11NO3S2/c1-6(2)10(17)7(5-14)13-18-11-8(15)3-4-9(16)12(11)19-13/h3-4,6,15-16H,1-2H3. The smallest absolute Gasteiger partial charge is 0.177 e. The van der Waals surface area contributed by atoms with Crippen LogP contribution in [-0.4, -0.2) is 16.0 Å². The van der Waals surface area contributed by atoms with E-state index in [1.165, 1.54) is 12.1 Å². The number of fused-ring (bicyclic) bond motifs is 1. The molecule has 1 aliphatic heterocycles. The lowest BCUT2D eigenvalue weighted by Gasteiger charge is -2.04. The molecule has 0 aromatic heterocycles. The zero-order valence-electron chi connectivity index (χ0n) is 10.3. The zero-order valence-corrected chi connectivity index (χ0v) is 11.9. The van der Waals surface area contributed by atoms with Gasteiger partial charge in [-0.15, -0.1) is 0 Å². The first-order valence-electron chi connectivity index (χ1n) is 5.55. The maximum Gasteiger partial charge on any atom is 0.177 e. The van der Waals surface area contributed by atoms with Gasteiger partial charge < -0.3 is 10.2 Å². The van der Waals surface area contributed by atoms with Crippen molar-refractivity contribution < 1.29 is 15.0 Å². The highest BCUT2D eigenvalue weighted by molar-refractivity contribution is 8.24. The third kappa shape index (κ3) is 2.44. The highest BCUT2D eigenvalue weighted by Gasteiger charge is 2.29. The number of thioether (sulfide) groups is 2. The number of nitrogens with zero attached hydrogens (tertiary/aromatic N) is 1. The van der Waals surface area contributed by atoms with Gasteiger partial charge in [0.2, 0.25) is 0 Å². The number of nitriles is 1. The molecule has 0 fully saturated rings. The summed E-state index contributed by atoms with van der Waals surface area (Å²) in [6.45, 7) is 3.46. The molecule has 1 aromatic carbocycles. The topological polar surface area (TPSA) is 81.3 Å². The highest BCUT2D eigenvalue weighted by atomic mass is 32.2. The number of ketones is 1. The lowest BCUT2D eigenvalue weighted by atomic mass is 10.0. The van der Waals surface area contributed by atoms with Crippen LogP contribution in [0.4, 0.5) is 0 Å². The lowest BCUT2D eigenvalue weighted by molar-refractivity contribution is -0.117. The number of allylic oxidation sites excluding steroid dienone is 1. The van der Waals surface area contributed by atoms with Crippen molar-refractivity contribution in [2.45, 2.75) is 23.6 Å². The van der Waals surface area contributed by atoms with Crippen LogP contribution in [0.5, 0.6) is 11.5 Å². The third-order valence-electron chi connectivity index (χ3n) is 2.55. The fourth-order valence-electron chi connectivity index (χ4n) is 1.54. The molecule has 1 aliphatic rings. The molecule has 0 unspecified atom stereocenters. The quantitative estimate of drug-likeness (QED) is 0.495. The van der Waals surface area contributed by atoms with Gasteiger partial charge in [0.25, 0.3) is 0 Å². The van der Waals surface area contributed by atoms with Crippen LogP contribution in [0, 0.1) is 17.2 Å². The number of hydrogen-bond acceptors (Lipinski definition) is 6. The van der Waals surface area contributed by atoms with Gasteiger partial charge in [-0.2, -0.15) is 5.26 Å². The summed E-state index contributed by atoms with van der Waals surface area (Å²) in [7, 11) is 0. The van der Waals surface area contributed by atoms with Crippen LogP contribution >= 0.6 is 23.5 Å². The first kappa shape index (κ1) is 13.8. The Morgan fingerprint density at radius 2 is 1.68 bits per heavy atom. The van der Waals surface area contributed by atoms with Crippen molar-refractivity contribution in [2.75, 3.05) is 0 Å². The molecule has 0 saturated heterocycles. The Bertz CT molecular complexity index is 597. The molecule has 6 heteroatoms. The number of phenolic OH excluding ortho intramolecular Hbond substituents is 2. The summed E-state index contributed by atoms with van der Waals surface area (Å²) < 4.78 is 0.507. The van der Waals surface area contributed by atoms with E-state index >= 15 is 0 Å². The molecule has 4 nitrogen and oxygen atoms in total. The Balaban J connectivity index is 2.49. The van der Waals surface area contributed by atoms with Gasteiger partial charge in [-0.05, 0) is 12.1 Å². The van der Waals surface area contributed by atoms with Gasteiger partial charge in [0.1, 0.15) is 23.1 Å².